The predicted molar refractivity (Wildman–Crippen MR) is 99.4 cm³/mol. The molecular formula is C22H17FO2. The number of hydrogen-bond acceptors (Lipinski definition) is 2. The topological polar surface area (TPSA) is 18.5 Å². The Morgan fingerprint density at radius 3 is 2.48 bits per heavy atom. The standard InChI is InChI=1S/C22H17FO2/c1-24-14-25-22-12-10-16(23)13-21(22)19-8-4-7-18-17-6-3-2-5-15(17)9-11-20(18)19/h2-13H,14H2,1H3. The molecule has 3 heteroatoms. The molecule has 0 heterocycles. The molecule has 0 saturated carbocycles. The quantitative estimate of drug-likeness (QED) is 0.348. The molecule has 0 aromatic heterocycles. The molecule has 2 nitrogen and oxygen atoms in total. The van der Waals surface area contributed by atoms with Crippen LogP contribution in [-0.4, -0.2) is 13.9 Å². The highest BCUT2D eigenvalue weighted by molar-refractivity contribution is 6.12. The molecule has 0 atom stereocenters. The van der Waals surface area contributed by atoms with Crippen LogP contribution >= 0.6 is 0 Å². The Balaban J connectivity index is 1.99. The molecule has 0 spiro atoms. The van der Waals surface area contributed by atoms with Gasteiger partial charge in [0, 0.05) is 12.7 Å². The van der Waals surface area contributed by atoms with Crippen LogP contribution in [0.2, 0.25) is 0 Å². The molecule has 0 bridgehead atoms. The molecule has 4 aromatic carbocycles. The summed E-state index contributed by atoms with van der Waals surface area (Å²) in [7, 11) is 1.56. The van der Waals surface area contributed by atoms with E-state index < -0.39 is 0 Å². The van der Waals surface area contributed by atoms with Crippen LogP contribution in [0, 0.1) is 5.82 Å². The van der Waals surface area contributed by atoms with Gasteiger partial charge in [0.15, 0.2) is 6.79 Å². The number of rotatable bonds is 4. The molecule has 0 radical (unpaired) electrons. The van der Waals surface area contributed by atoms with Crippen LogP contribution in [0.5, 0.6) is 5.75 Å². The number of benzene rings is 4. The largest absolute Gasteiger partial charge is 0.467 e. The van der Waals surface area contributed by atoms with Gasteiger partial charge in [-0.2, -0.15) is 0 Å². The van der Waals surface area contributed by atoms with Gasteiger partial charge < -0.3 is 9.47 Å². The van der Waals surface area contributed by atoms with Crippen LogP contribution in [-0.2, 0) is 4.74 Å². The summed E-state index contributed by atoms with van der Waals surface area (Å²) in [4.78, 5) is 0. The highest BCUT2D eigenvalue weighted by atomic mass is 19.1. The zero-order valence-electron chi connectivity index (χ0n) is 13.8. The fraction of sp³-hybridized carbons (Fsp3) is 0.0909. The van der Waals surface area contributed by atoms with Crippen LogP contribution in [0.25, 0.3) is 32.7 Å². The van der Waals surface area contributed by atoms with Gasteiger partial charge in [-0.05, 0) is 45.3 Å². The molecule has 4 rings (SSSR count). The van der Waals surface area contributed by atoms with Crippen molar-refractivity contribution in [1.29, 1.82) is 0 Å². The minimum Gasteiger partial charge on any atom is -0.467 e. The van der Waals surface area contributed by atoms with Gasteiger partial charge in [-0.25, -0.2) is 4.39 Å². The van der Waals surface area contributed by atoms with E-state index in [2.05, 4.69) is 30.3 Å². The monoisotopic (exact) mass is 332 g/mol. The maximum atomic E-state index is 13.9. The van der Waals surface area contributed by atoms with Gasteiger partial charge in [-0.15, -0.1) is 0 Å². The molecular weight excluding hydrogens is 315 g/mol. The third-order valence-electron chi connectivity index (χ3n) is 4.35. The molecule has 124 valence electrons. The van der Waals surface area contributed by atoms with E-state index in [9.17, 15) is 4.39 Å². The van der Waals surface area contributed by atoms with Gasteiger partial charge in [-0.3, -0.25) is 0 Å². The van der Waals surface area contributed by atoms with Crippen molar-refractivity contribution in [2.75, 3.05) is 13.9 Å². The third kappa shape index (κ3) is 2.83. The fourth-order valence-electron chi connectivity index (χ4n) is 3.24. The lowest BCUT2D eigenvalue weighted by Crippen LogP contribution is -2.00. The van der Waals surface area contributed by atoms with Crippen molar-refractivity contribution in [2.24, 2.45) is 0 Å². The molecule has 0 amide bonds. The first kappa shape index (κ1) is 15.6. The van der Waals surface area contributed by atoms with Crippen LogP contribution in [0.1, 0.15) is 0 Å². The molecule has 0 aliphatic heterocycles. The van der Waals surface area contributed by atoms with Gasteiger partial charge in [-0.1, -0.05) is 54.6 Å². The van der Waals surface area contributed by atoms with Crippen molar-refractivity contribution < 1.29 is 13.9 Å². The minimum absolute atomic E-state index is 0.117. The van der Waals surface area contributed by atoms with Crippen molar-refractivity contribution in [3.8, 4) is 16.9 Å². The first-order valence-corrected chi connectivity index (χ1v) is 8.10. The second-order valence-electron chi connectivity index (χ2n) is 5.88. The van der Waals surface area contributed by atoms with E-state index in [4.69, 9.17) is 9.47 Å². The van der Waals surface area contributed by atoms with Crippen molar-refractivity contribution in [1.82, 2.24) is 0 Å². The second kappa shape index (κ2) is 6.54. The van der Waals surface area contributed by atoms with Gasteiger partial charge in [0.05, 0.1) is 0 Å². The molecule has 0 saturated heterocycles. The second-order valence-corrected chi connectivity index (χ2v) is 5.88. The Bertz CT molecular complexity index is 1060. The summed E-state index contributed by atoms with van der Waals surface area (Å²) in [5.74, 6) is 0.307. The van der Waals surface area contributed by atoms with Crippen molar-refractivity contribution in [2.45, 2.75) is 0 Å². The van der Waals surface area contributed by atoms with Gasteiger partial charge in [0.2, 0.25) is 0 Å². The molecule has 25 heavy (non-hydrogen) atoms. The van der Waals surface area contributed by atoms with E-state index in [0.717, 1.165) is 21.9 Å². The third-order valence-corrected chi connectivity index (χ3v) is 4.35. The van der Waals surface area contributed by atoms with E-state index in [0.29, 0.717) is 5.75 Å². The van der Waals surface area contributed by atoms with Crippen LogP contribution in [0.3, 0.4) is 0 Å². The molecule has 4 aromatic rings. The lowest BCUT2D eigenvalue weighted by atomic mass is 9.94. The number of fused-ring (bicyclic) bond motifs is 3. The average molecular weight is 332 g/mol. The highest BCUT2D eigenvalue weighted by Crippen LogP contribution is 2.37. The summed E-state index contributed by atoms with van der Waals surface area (Å²) in [5, 5.41) is 4.56. The maximum absolute atomic E-state index is 13.9. The van der Waals surface area contributed by atoms with Crippen LogP contribution in [0.15, 0.2) is 72.8 Å². The van der Waals surface area contributed by atoms with E-state index in [-0.39, 0.29) is 12.6 Å². The Hall–Kier alpha value is -2.91. The van der Waals surface area contributed by atoms with Crippen molar-refractivity contribution in [3.63, 3.8) is 0 Å². The SMILES string of the molecule is COCOc1ccc(F)cc1-c1cccc2c1ccc1ccccc12. The summed E-state index contributed by atoms with van der Waals surface area (Å²) >= 11 is 0. The lowest BCUT2D eigenvalue weighted by molar-refractivity contribution is 0.0515. The number of methoxy groups -OCH3 is 1. The average Bonchev–Trinajstić information content (AvgIpc) is 2.66. The first-order valence-electron chi connectivity index (χ1n) is 8.10. The van der Waals surface area contributed by atoms with E-state index in [1.807, 2.05) is 24.3 Å². The smallest absolute Gasteiger partial charge is 0.188 e. The zero-order valence-corrected chi connectivity index (χ0v) is 13.8. The molecule has 0 aliphatic carbocycles. The fourth-order valence-corrected chi connectivity index (χ4v) is 3.24. The first-order chi connectivity index (χ1) is 12.3. The van der Waals surface area contributed by atoms with Crippen molar-refractivity contribution in [3.05, 3.63) is 78.6 Å². The summed E-state index contributed by atoms with van der Waals surface area (Å²) in [5.41, 5.74) is 1.66. The van der Waals surface area contributed by atoms with E-state index in [1.165, 1.54) is 22.9 Å². The normalized spacial score (nSPS) is 11.1. The van der Waals surface area contributed by atoms with E-state index in [1.54, 1.807) is 13.2 Å². The van der Waals surface area contributed by atoms with Gasteiger partial charge in [0.25, 0.3) is 0 Å². The Morgan fingerprint density at radius 2 is 1.60 bits per heavy atom. The number of hydrogen-bond donors (Lipinski definition) is 0. The Morgan fingerprint density at radius 1 is 0.760 bits per heavy atom. The van der Waals surface area contributed by atoms with Crippen LogP contribution in [0.4, 0.5) is 4.39 Å². The Labute approximate surface area is 145 Å². The maximum Gasteiger partial charge on any atom is 0.188 e. The zero-order chi connectivity index (χ0) is 17.2. The lowest BCUT2D eigenvalue weighted by Gasteiger charge is -2.14. The van der Waals surface area contributed by atoms with Gasteiger partial charge in [0.1, 0.15) is 11.6 Å². The number of ether oxygens (including phenoxy) is 2. The van der Waals surface area contributed by atoms with Crippen LogP contribution < -0.4 is 4.74 Å². The molecule has 0 fully saturated rings. The summed E-state index contributed by atoms with van der Waals surface area (Å²) < 4.78 is 24.6. The van der Waals surface area contributed by atoms with Gasteiger partial charge >= 0.3 is 0 Å². The Kier molecular flexibility index (Phi) is 4.08. The highest BCUT2D eigenvalue weighted by Gasteiger charge is 2.12. The molecule has 0 aliphatic rings. The predicted octanol–water partition coefficient (Wildman–Crippen LogP) is 5.78. The van der Waals surface area contributed by atoms with E-state index >= 15 is 0 Å². The molecule has 0 N–H and O–H groups in total. The van der Waals surface area contributed by atoms with Crippen molar-refractivity contribution >= 4 is 21.5 Å². The molecule has 0 unspecified atom stereocenters. The summed E-state index contributed by atoms with van der Waals surface area (Å²) in [6.07, 6.45) is 0. The summed E-state index contributed by atoms with van der Waals surface area (Å²) in [6.45, 7) is 0.117. The summed E-state index contributed by atoms with van der Waals surface area (Å²) in [6, 6.07) is 23.1. The minimum atomic E-state index is -0.294. The number of halogens is 1.